The van der Waals surface area contributed by atoms with Gasteiger partial charge in [0.15, 0.2) is 0 Å². The maximum absolute atomic E-state index is 11.3. The zero-order valence-corrected chi connectivity index (χ0v) is 12.2. The summed E-state index contributed by atoms with van der Waals surface area (Å²) in [5, 5.41) is 8.58. The van der Waals surface area contributed by atoms with Gasteiger partial charge in [0.2, 0.25) is 0 Å². The van der Waals surface area contributed by atoms with Crippen LogP contribution in [0.15, 0.2) is 12.8 Å². The first-order chi connectivity index (χ1) is 9.60. The zero-order valence-electron chi connectivity index (χ0n) is 12.2. The molecule has 0 saturated carbocycles. The molecule has 116 valence electrons. The second-order valence-electron chi connectivity index (χ2n) is 4.39. The van der Waals surface area contributed by atoms with E-state index in [1.54, 1.807) is 11.1 Å². The Balaban J connectivity index is 3.43. The van der Waals surface area contributed by atoms with Crippen molar-refractivity contribution in [3.05, 3.63) is 12.8 Å². The van der Waals surface area contributed by atoms with Crippen LogP contribution in [0.25, 0.3) is 0 Å². The number of esters is 2. The van der Waals surface area contributed by atoms with Crippen LogP contribution in [0, 0.1) is 0 Å². The van der Waals surface area contributed by atoms with Crippen LogP contribution in [0.4, 0.5) is 0 Å². The molecule has 0 radical (unpaired) electrons. The monoisotopic (exact) mass is 287 g/mol. The molecule has 20 heavy (non-hydrogen) atoms. The molecule has 0 aliphatic rings. The molecule has 0 spiro atoms. The van der Waals surface area contributed by atoms with Crippen molar-refractivity contribution in [2.75, 3.05) is 33.4 Å². The van der Waals surface area contributed by atoms with Gasteiger partial charge in [-0.2, -0.15) is 0 Å². The molecule has 0 heterocycles. The van der Waals surface area contributed by atoms with Gasteiger partial charge in [-0.1, -0.05) is 13.0 Å². The second-order valence-corrected chi connectivity index (χ2v) is 4.39. The van der Waals surface area contributed by atoms with Gasteiger partial charge in [-0.25, -0.2) is 0 Å². The van der Waals surface area contributed by atoms with E-state index >= 15 is 0 Å². The number of hydrogen-bond donors (Lipinski definition) is 1. The SMILES string of the molecule is C=CN(C)CCC(=O)OCCOC(=O)CCCCCO. The Morgan fingerprint density at radius 2 is 1.70 bits per heavy atom. The predicted molar refractivity (Wildman–Crippen MR) is 74.9 cm³/mol. The Morgan fingerprint density at radius 1 is 1.10 bits per heavy atom. The fraction of sp³-hybridized carbons (Fsp3) is 0.714. The largest absolute Gasteiger partial charge is 0.462 e. The first kappa shape index (κ1) is 18.4. The standard InChI is InChI=1S/C14H25NO5/c1-3-15(2)9-8-14(18)20-12-11-19-13(17)7-5-4-6-10-16/h3,16H,1,4-12H2,2H3. The molecule has 1 N–H and O–H groups in total. The van der Waals surface area contributed by atoms with Gasteiger partial charge in [0.1, 0.15) is 13.2 Å². The minimum Gasteiger partial charge on any atom is -0.462 e. The summed E-state index contributed by atoms with van der Waals surface area (Å²) < 4.78 is 9.83. The first-order valence-electron chi connectivity index (χ1n) is 6.85. The van der Waals surface area contributed by atoms with E-state index in [2.05, 4.69) is 6.58 Å². The number of carbonyl (C=O) groups excluding carboxylic acids is 2. The third-order valence-electron chi connectivity index (χ3n) is 2.63. The third-order valence-corrected chi connectivity index (χ3v) is 2.63. The van der Waals surface area contributed by atoms with E-state index < -0.39 is 0 Å². The van der Waals surface area contributed by atoms with Crippen LogP contribution in [0.5, 0.6) is 0 Å². The van der Waals surface area contributed by atoms with Crippen LogP contribution < -0.4 is 0 Å². The average Bonchev–Trinajstić information content (AvgIpc) is 2.45. The summed E-state index contributed by atoms with van der Waals surface area (Å²) in [5.41, 5.74) is 0. The molecule has 0 amide bonds. The summed E-state index contributed by atoms with van der Waals surface area (Å²) in [6, 6.07) is 0. The van der Waals surface area contributed by atoms with E-state index in [1.165, 1.54) is 0 Å². The average molecular weight is 287 g/mol. The summed E-state index contributed by atoms with van der Waals surface area (Å²) >= 11 is 0. The lowest BCUT2D eigenvalue weighted by atomic mass is 10.2. The second kappa shape index (κ2) is 12.5. The number of carbonyl (C=O) groups is 2. The van der Waals surface area contributed by atoms with Crippen LogP contribution in [-0.2, 0) is 19.1 Å². The van der Waals surface area contributed by atoms with Gasteiger partial charge in [-0.3, -0.25) is 9.59 Å². The summed E-state index contributed by atoms with van der Waals surface area (Å²) in [5.74, 6) is -0.622. The van der Waals surface area contributed by atoms with E-state index in [1.807, 2.05) is 7.05 Å². The van der Waals surface area contributed by atoms with Crippen molar-refractivity contribution in [3.8, 4) is 0 Å². The van der Waals surface area contributed by atoms with Crippen molar-refractivity contribution in [1.82, 2.24) is 4.90 Å². The van der Waals surface area contributed by atoms with Crippen molar-refractivity contribution < 1.29 is 24.2 Å². The lowest BCUT2D eigenvalue weighted by Crippen LogP contribution is -2.19. The molecule has 0 rings (SSSR count). The van der Waals surface area contributed by atoms with Crippen molar-refractivity contribution in [2.24, 2.45) is 0 Å². The molecule has 0 atom stereocenters. The Labute approximate surface area is 120 Å². The third kappa shape index (κ3) is 11.5. The Morgan fingerprint density at radius 3 is 2.25 bits per heavy atom. The highest BCUT2D eigenvalue weighted by atomic mass is 16.6. The first-order valence-corrected chi connectivity index (χ1v) is 6.85. The maximum Gasteiger partial charge on any atom is 0.307 e. The van der Waals surface area contributed by atoms with Crippen molar-refractivity contribution in [2.45, 2.75) is 32.1 Å². The lowest BCUT2D eigenvalue weighted by molar-refractivity contribution is -0.152. The van der Waals surface area contributed by atoms with Gasteiger partial charge in [-0.05, 0) is 19.0 Å². The molecule has 0 bridgehead atoms. The van der Waals surface area contributed by atoms with Crippen molar-refractivity contribution in [1.29, 1.82) is 0 Å². The highest BCUT2D eigenvalue weighted by molar-refractivity contribution is 5.70. The van der Waals surface area contributed by atoms with Crippen LogP contribution in [-0.4, -0.2) is 55.4 Å². The number of nitrogens with zero attached hydrogens (tertiary/aromatic N) is 1. The van der Waals surface area contributed by atoms with E-state index in [9.17, 15) is 9.59 Å². The van der Waals surface area contributed by atoms with Crippen molar-refractivity contribution >= 4 is 11.9 Å². The molecular weight excluding hydrogens is 262 g/mol. The van der Waals surface area contributed by atoms with E-state index in [0.29, 0.717) is 25.8 Å². The highest BCUT2D eigenvalue weighted by Crippen LogP contribution is 2.00. The van der Waals surface area contributed by atoms with Gasteiger partial charge in [-0.15, -0.1) is 0 Å². The van der Waals surface area contributed by atoms with Crippen LogP contribution in [0.1, 0.15) is 32.1 Å². The minimum absolute atomic E-state index is 0.0824. The van der Waals surface area contributed by atoms with E-state index in [4.69, 9.17) is 14.6 Å². The number of ether oxygens (including phenoxy) is 2. The number of hydrogen-bond acceptors (Lipinski definition) is 6. The molecule has 0 unspecified atom stereocenters. The summed E-state index contributed by atoms with van der Waals surface area (Å²) in [6.07, 6.45) is 4.44. The Hall–Kier alpha value is -1.56. The highest BCUT2D eigenvalue weighted by Gasteiger charge is 2.05. The topological polar surface area (TPSA) is 76.1 Å². The summed E-state index contributed by atoms with van der Waals surface area (Å²) in [4.78, 5) is 24.4. The van der Waals surface area contributed by atoms with Crippen LogP contribution >= 0.6 is 0 Å². The number of unbranched alkanes of at least 4 members (excludes halogenated alkanes) is 2. The zero-order chi connectivity index (χ0) is 15.2. The van der Waals surface area contributed by atoms with Gasteiger partial charge in [0.25, 0.3) is 0 Å². The van der Waals surface area contributed by atoms with Gasteiger partial charge in [0.05, 0.1) is 6.42 Å². The van der Waals surface area contributed by atoms with Gasteiger partial charge < -0.3 is 19.5 Å². The molecule has 0 aromatic rings. The Kier molecular flexibility index (Phi) is 11.5. The van der Waals surface area contributed by atoms with Crippen LogP contribution in [0.2, 0.25) is 0 Å². The number of aliphatic hydroxyl groups is 1. The minimum atomic E-state index is -0.322. The van der Waals surface area contributed by atoms with E-state index in [-0.39, 0.29) is 38.2 Å². The molecule has 0 aromatic carbocycles. The molecule has 6 nitrogen and oxygen atoms in total. The Bertz CT molecular complexity index is 293. The fourth-order valence-corrected chi connectivity index (χ4v) is 1.37. The maximum atomic E-state index is 11.3. The summed E-state index contributed by atoms with van der Waals surface area (Å²) in [6.45, 7) is 4.43. The smallest absolute Gasteiger partial charge is 0.307 e. The van der Waals surface area contributed by atoms with Crippen LogP contribution in [0.3, 0.4) is 0 Å². The summed E-state index contributed by atoms with van der Waals surface area (Å²) in [7, 11) is 1.82. The molecule has 0 fully saturated rings. The van der Waals surface area contributed by atoms with Gasteiger partial charge in [0, 0.05) is 26.6 Å². The molecular formula is C14H25NO5. The predicted octanol–water partition coefficient (Wildman–Crippen LogP) is 1.09. The van der Waals surface area contributed by atoms with Gasteiger partial charge >= 0.3 is 11.9 Å². The molecule has 0 saturated heterocycles. The van der Waals surface area contributed by atoms with Crippen molar-refractivity contribution in [3.63, 3.8) is 0 Å². The molecule has 0 aromatic heterocycles. The molecule has 6 heteroatoms. The quantitative estimate of drug-likeness (QED) is 0.428. The number of aliphatic hydroxyl groups excluding tert-OH is 1. The number of rotatable bonds is 12. The fourth-order valence-electron chi connectivity index (χ4n) is 1.37. The normalized spacial score (nSPS) is 9.90. The van der Waals surface area contributed by atoms with E-state index in [0.717, 1.165) is 6.42 Å². The lowest BCUT2D eigenvalue weighted by Gasteiger charge is -2.12. The molecule has 0 aliphatic carbocycles. The molecule has 0 aliphatic heterocycles.